The minimum absolute atomic E-state index is 0.0318. The summed E-state index contributed by atoms with van der Waals surface area (Å²) in [4.78, 5) is 29.0. The number of amides is 3. The van der Waals surface area contributed by atoms with Crippen molar-refractivity contribution in [2.24, 2.45) is 0 Å². The standard InChI is InChI=1S/C21H30N4O2/c1-16(26)25(13-11-17-15-23-20-10-6-5-9-19(17)20)14-12-22-21(27)24-18-7-3-2-4-8-18/h5-6,9-10,15,18,23H,2-4,7-8,11-14H2,1H3,(H2,22,24,27). The molecule has 0 radical (unpaired) electrons. The third kappa shape index (κ3) is 5.49. The summed E-state index contributed by atoms with van der Waals surface area (Å²) in [5, 5.41) is 7.13. The van der Waals surface area contributed by atoms with Gasteiger partial charge in [-0.15, -0.1) is 0 Å². The second kappa shape index (κ2) is 9.44. The fourth-order valence-electron chi connectivity index (χ4n) is 3.81. The average Bonchev–Trinajstić information content (AvgIpc) is 3.08. The molecule has 0 saturated heterocycles. The Labute approximate surface area is 160 Å². The van der Waals surface area contributed by atoms with Crippen molar-refractivity contribution >= 4 is 22.8 Å². The number of hydrogen-bond donors (Lipinski definition) is 3. The molecule has 1 saturated carbocycles. The van der Waals surface area contributed by atoms with Crippen molar-refractivity contribution in [3.8, 4) is 0 Å². The van der Waals surface area contributed by atoms with Crippen LogP contribution in [0.2, 0.25) is 0 Å². The van der Waals surface area contributed by atoms with Gasteiger partial charge in [-0.25, -0.2) is 4.79 Å². The lowest BCUT2D eigenvalue weighted by molar-refractivity contribution is -0.128. The van der Waals surface area contributed by atoms with Gasteiger partial charge in [-0.1, -0.05) is 37.5 Å². The Balaban J connectivity index is 1.43. The molecular formula is C21H30N4O2. The number of fused-ring (bicyclic) bond motifs is 1. The molecule has 0 unspecified atom stereocenters. The van der Waals surface area contributed by atoms with Gasteiger partial charge < -0.3 is 20.5 Å². The van der Waals surface area contributed by atoms with Crippen molar-refractivity contribution in [1.29, 1.82) is 0 Å². The number of urea groups is 1. The van der Waals surface area contributed by atoms with Gasteiger partial charge >= 0.3 is 6.03 Å². The van der Waals surface area contributed by atoms with Gasteiger partial charge in [-0.2, -0.15) is 0 Å². The number of nitrogens with one attached hydrogen (secondary N) is 3. The molecule has 6 heteroatoms. The van der Waals surface area contributed by atoms with Gasteiger partial charge in [-0.3, -0.25) is 4.79 Å². The van der Waals surface area contributed by atoms with Gasteiger partial charge in [0.2, 0.25) is 5.91 Å². The van der Waals surface area contributed by atoms with Crippen LogP contribution in [0.4, 0.5) is 4.79 Å². The van der Waals surface area contributed by atoms with Crippen molar-refractivity contribution < 1.29 is 9.59 Å². The molecule has 146 valence electrons. The van der Waals surface area contributed by atoms with Crippen LogP contribution in [-0.4, -0.2) is 47.5 Å². The highest BCUT2D eigenvalue weighted by molar-refractivity contribution is 5.83. The van der Waals surface area contributed by atoms with E-state index in [1.54, 1.807) is 11.8 Å². The number of carbonyl (C=O) groups excluding carboxylic acids is 2. The summed E-state index contributed by atoms with van der Waals surface area (Å²) in [6.07, 6.45) is 8.59. The zero-order chi connectivity index (χ0) is 19.1. The molecule has 1 heterocycles. The fourth-order valence-corrected chi connectivity index (χ4v) is 3.81. The molecular weight excluding hydrogens is 340 g/mol. The molecule has 3 rings (SSSR count). The van der Waals surface area contributed by atoms with E-state index in [1.807, 2.05) is 18.3 Å². The van der Waals surface area contributed by atoms with Crippen LogP contribution in [0.15, 0.2) is 30.5 Å². The highest BCUT2D eigenvalue weighted by atomic mass is 16.2. The van der Waals surface area contributed by atoms with Crippen LogP contribution in [0.1, 0.15) is 44.6 Å². The van der Waals surface area contributed by atoms with E-state index < -0.39 is 0 Å². The predicted molar refractivity (Wildman–Crippen MR) is 108 cm³/mol. The largest absolute Gasteiger partial charge is 0.361 e. The van der Waals surface area contributed by atoms with Crippen LogP contribution < -0.4 is 10.6 Å². The number of aromatic amines is 1. The quantitative estimate of drug-likeness (QED) is 0.700. The number of para-hydroxylation sites is 1. The van der Waals surface area contributed by atoms with Crippen LogP contribution in [0.25, 0.3) is 10.9 Å². The van der Waals surface area contributed by atoms with Crippen LogP contribution in [0, 0.1) is 0 Å². The second-order valence-corrected chi connectivity index (χ2v) is 7.35. The molecule has 6 nitrogen and oxygen atoms in total. The third-order valence-electron chi connectivity index (χ3n) is 5.38. The van der Waals surface area contributed by atoms with E-state index in [0.717, 1.165) is 24.8 Å². The van der Waals surface area contributed by atoms with Crippen molar-refractivity contribution in [3.05, 3.63) is 36.0 Å². The van der Waals surface area contributed by atoms with E-state index in [1.165, 1.54) is 30.2 Å². The highest BCUT2D eigenvalue weighted by Gasteiger charge is 2.16. The maximum Gasteiger partial charge on any atom is 0.315 e. The first-order valence-electron chi connectivity index (χ1n) is 9.98. The Morgan fingerprint density at radius 3 is 2.70 bits per heavy atom. The van der Waals surface area contributed by atoms with Crippen LogP contribution >= 0.6 is 0 Å². The topological polar surface area (TPSA) is 77.2 Å². The first-order chi connectivity index (χ1) is 13.1. The van der Waals surface area contributed by atoms with E-state index in [9.17, 15) is 9.59 Å². The van der Waals surface area contributed by atoms with E-state index in [2.05, 4.69) is 27.8 Å². The lowest BCUT2D eigenvalue weighted by Gasteiger charge is -2.24. The Kier molecular flexibility index (Phi) is 6.74. The third-order valence-corrected chi connectivity index (χ3v) is 5.38. The number of aromatic nitrogens is 1. The minimum Gasteiger partial charge on any atom is -0.361 e. The Morgan fingerprint density at radius 1 is 1.15 bits per heavy atom. The maximum atomic E-state index is 12.0. The summed E-state index contributed by atoms with van der Waals surface area (Å²) < 4.78 is 0. The Hall–Kier alpha value is -2.50. The second-order valence-electron chi connectivity index (χ2n) is 7.35. The number of H-pyrrole nitrogens is 1. The molecule has 0 spiro atoms. The maximum absolute atomic E-state index is 12.0. The number of carbonyl (C=O) groups is 2. The number of benzene rings is 1. The average molecular weight is 370 g/mol. The smallest absolute Gasteiger partial charge is 0.315 e. The first-order valence-corrected chi connectivity index (χ1v) is 9.98. The van der Waals surface area contributed by atoms with E-state index in [0.29, 0.717) is 25.7 Å². The zero-order valence-electron chi connectivity index (χ0n) is 16.1. The summed E-state index contributed by atoms with van der Waals surface area (Å²) in [5.74, 6) is 0.0318. The summed E-state index contributed by atoms with van der Waals surface area (Å²) >= 11 is 0. The molecule has 1 aromatic carbocycles. The monoisotopic (exact) mass is 370 g/mol. The lowest BCUT2D eigenvalue weighted by Crippen LogP contribution is -2.45. The summed E-state index contributed by atoms with van der Waals surface area (Å²) in [6.45, 7) is 3.21. The highest BCUT2D eigenvalue weighted by Crippen LogP contribution is 2.18. The van der Waals surface area contributed by atoms with Crippen molar-refractivity contribution in [2.45, 2.75) is 51.5 Å². The van der Waals surface area contributed by atoms with Crippen LogP contribution in [-0.2, 0) is 11.2 Å². The molecule has 1 aromatic heterocycles. The molecule has 3 amide bonds. The predicted octanol–water partition coefficient (Wildman–Crippen LogP) is 3.19. The van der Waals surface area contributed by atoms with Gasteiger partial charge in [0.25, 0.3) is 0 Å². The Bertz CT molecular complexity index is 764. The van der Waals surface area contributed by atoms with Crippen LogP contribution in [0.5, 0.6) is 0 Å². The van der Waals surface area contributed by atoms with Gasteiger partial charge in [-0.05, 0) is 30.9 Å². The van der Waals surface area contributed by atoms with Crippen molar-refractivity contribution in [1.82, 2.24) is 20.5 Å². The van der Waals surface area contributed by atoms with Crippen LogP contribution in [0.3, 0.4) is 0 Å². The molecule has 27 heavy (non-hydrogen) atoms. The molecule has 2 aromatic rings. The van der Waals surface area contributed by atoms with Gasteiger partial charge in [0, 0.05) is 49.7 Å². The summed E-state index contributed by atoms with van der Waals surface area (Å²) in [7, 11) is 0. The zero-order valence-corrected chi connectivity index (χ0v) is 16.1. The normalized spacial score (nSPS) is 14.9. The van der Waals surface area contributed by atoms with E-state index in [4.69, 9.17) is 0 Å². The summed E-state index contributed by atoms with van der Waals surface area (Å²) in [5.41, 5.74) is 2.32. The molecule has 1 aliphatic rings. The van der Waals surface area contributed by atoms with Gasteiger partial charge in [0.05, 0.1) is 0 Å². The minimum atomic E-state index is -0.123. The molecule has 3 N–H and O–H groups in total. The number of rotatable bonds is 7. The number of hydrogen-bond acceptors (Lipinski definition) is 2. The molecule has 0 aliphatic heterocycles. The fraction of sp³-hybridized carbons (Fsp3) is 0.524. The summed E-state index contributed by atoms with van der Waals surface area (Å²) in [6, 6.07) is 8.35. The Morgan fingerprint density at radius 2 is 1.93 bits per heavy atom. The lowest BCUT2D eigenvalue weighted by atomic mass is 9.96. The van der Waals surface area contributed by atoms with E-state index in [-0.39, 0.29) is 11.9 Å². The molecule has 1 aliphatic carbocycles. The number of nitrogens with zero attached hydrogens (tertiary/aromatic N) is 1. The van der Waals surface area contributed by atoms with E-state index >= 15 is 0 Å². The van der Waals surface area contributed by atoms with Crippen molar-refractivity contribution in [3.63, 3.8) is 0 Å². The molecule has 0 atom stereocenters. The van der Waals surface area contributed by atoms with Crippen molar-refractivity contribution in [2.75, 3.05) is 19.6 Å². The van der Waals surface area contributed by atoms with Gasteiger partial charge in [0.15, 0.2) is 0 Å². The molecule has 1 fully saturated rings. The SMILES string of the molecule is CC(=O)N(CCNC(=O)NC1CCCCC1)CCc1c[nH]c2ccccc12. The van der Waals surface area contributed by atoms with Gasteiger partial charge in [0.1, 0.15) is 0 Å². The molecule has 0 bridgehead atoms. The first kappa shape index (κ1) is 19.3.